The van der Waals surface area contributed by atoms with Gasteiger partial charge in [-0.05, 0) is 30.2 Å². The van der Waals surface area contributed by atoms with Crippen LogP contribution in [0.5, 0.6) is 0 Å². The van der Waals surface area contributed by atoms with E-state index in [-0.39, 0.29) is 29.2 Å². The zero-order chi connectivity index (χ0) is 20.6. The Morgan fingerprint density at radius 2 is 1.86 bits per heavy atom. The van der Waals surface area contributed by atoms with Gasteiger partial charge in [0.2, 0.25) is 0 Å². The number of halogens is 1. The standard InChI is InChI=1S/C21H18ClNO5S/c22-17-7-3-1-5-14(17)12-23(15-9-10-29(26,27)13-15)21(25)20-11-18(24)16-6-2-4-8-19(16)28-20/h1-8,11,15H,9-10,12-13H2. The number of carbonyl (C=O) groups excluding carboxylic acids is 1. The van der Waals surface area contributed by atoms with Crippen molar-refractivity contribution >= 4 is 38.3 Å². The molecule has 0 bridgehead atoms. The van der Waals surface area contributed by atoms with E-state index in [0.29, 0.717) is 28.0 Å². The lowest BCUT2D eigenvalue weighted by molar-refractivity contribution is 0.0648. The Morgan fingerprint density at radius 1 is 1.14 bits per heavy atom. The summed E-state index contributed by atoms with van der Waals surface area (Å²) in [5.41, 5.74) is 0.668. The molecular formula is C21H18ClNO5S. The maximum absolute atomic E-state index is 13.3. The van der Waals surface area contributed by atoms with Gasteiger partial charge in [0.15, 0.2) is 21.0 Å². The van der Waals surface area contributed by atoms with Gasteiger partial charge in [-0.3, -0.25) is 9.59 Å². The topological polar surface area (TPSA) is 84.7 Å². The molecule has 6 nitrogen and oxygen atoms in total. The van der Waals surface area contributed by atoms with Crippen molar-refractivity contribution in [2.24, 2.45) is 0 Å². The summed E-state index contributed by atoms with van der Waals surface area (Å²) in [6.07, 6.45) is 0.330. The number of hydrogen-bond donors (Lipinski definition) is 0. The van der Waals surface area contributed by atoms with Gasteiger partial charge in [0.25, 0.3) is 5.91 Å². The van der Waals surface area contributed by atoms with Crippen LogP contribution in [0.3, 0.4) is 0 Å². The lowest BCUT2D eigenvalue weighted by atomic mass is 10.1. The van der Waals surface area contributed by atoms with Gasteiger partial charge in [-0.15, -0.1) is 0 Å². The molecule has 3 aromatic rings. The second kappa shape index (κ2) is 7.65. The maximum Gasteiger partial charge on any atom is 0.290 e. The van der Waals surface area contributed by atoms with E-state index in [1.807, 2.05) is 0 Å². The largest absolute Gasteiger partial charge is 0.451 e. The number of fused-ring (bicyclic) bond motifs is 1. The van der Waals surface area contributed by atoms with E-state index in [9.17, 15) is 18.0 Å². The third-order valence-corrected chi connectivity index (χ3v) is 7.17. The first kappa shape index (κ1) is 19.7. The number of sulfone groups is 1. The third kappa shape index (κ3) is 4.06. The molecule has 29 heavy (non-hydrogen) atoms. The third-order valence-electron chi connectivity index (χ3n) is 5.05. The van der Waals surface area contributed by atoms with Gasteiger partial charge < -0.3 is 9.32 Å². The molecule has 4 rings (SSSR count). The summed E-state index contributed by atoms with van der Waals surface area (Å²) in [4.78, 5) is 27.2. The highest BCUT2D eigenvalue weighted by atomic mass is 35.5. The molecule has 1 unspecified atom stereocenters. The zero-order valence-corrected chi connectivity index (χ0v) is 16.9. The molecule has 1 saturated heterocycles. The van der Waals surface area contributed by atoms with Crippen molar-refractivity contribution < 1.29 is 17.6 Å². The normalized spacial score (nSPS) is 18.0. The average molecular weight is 432 g/mol. The van der Waals surface area contributed by atoms with E-state index in [0.717, 1.165) is 6.07 Å². The highest BCUT2D eigenvalue weighted by Crippen LogP contribution is 2.25. The molecule has 1 amide bonds. The molecule has 2 heterocycles. The summed E-state index contributed by atoms with van der Waals surface area (Å²) in [6.45, 7) is 0.120. The van der Waals surface area contributed by atoms with Crippen LogP contribution in [0.15, 0.2) is 63.8 Å². The van der Waals surface area contributed by atoms with Crippen molar-refractivity contribution in [3.05, 3.63) is 81.2 Å². The average Bonchev–Trinajstić information content (AvgIpc) is 3.06. The predicted molar refractivity (Wildman–Crippen MR) is 111 cm³/mol. The van der Waals surface area contributed by atoms with Gasteiger partial charge in [-0.2, -0.15) is 0 Å². The molecule has 1 aliphatic rings. The van der Waals surface area contributed by atoms with E-state index in [4.69, 9.17) is 16.0 Å². The van der Waals surface area contributed by atoms with Crippen LogP contribution in [-0.2, 0) is 16.4 Å². The summed E-state index contributed by atoms with van der Waals surface area (Å²) in [5.74, 6) is -0.757. The molecule has 0 saturated carbocycles. The predicted octanol–water partition coefficient (Wildman–Crippen LogP) is 3.28. The van der Waals surface area contributed by atoms with E-state index in [1.165, 1.54) is 4.90 Å². The molecule has 0 aliphatic carbocycles. The van der Waals surface area contributed by atoms with E-state index >= 15 is 0 Å². The summed E-state index contributed by atoms with van der Waals surface area (Å²) in [6, 6.07) is 14.4. The smallest absolute Gasteiger partial charge is 0.290 e. The van der Waals surface area contributed by atoms with Crippen LogP contribution in [0.2, 0.25) is 5.02 Å². The Hall–Kier alpha value is -2.64. The molecule has 1 atom stereocenters. The van der Waals surface area contributed by atoms with Crippen LogP contribution in [0.25, 0.3) is 11.0 Å². The Kier molecular flexibility index (Phi) is 5.19. The van der Waals surface area contributed by atoms with Crippen molar-refractivity contribution in [2.75, 3.05) is 11.5 Å². The number of para-hydroxylation sites is 1. The Balaban J connectivity index is 1.75. The number of hydrogen-bond acceptors (Lipinski definition) is 5. The van der Waals surface area contributed by atoms with E-state index in [1.54, 1.807) is 48.5 Å². The molecule has 150 valence electrons. The van der Waals surface area contributed by atoms with Gasteiger partial charge >= 0.3 is 0 Å². The van der Waals surface area contributed by atoms with E-state index in [2.05, 4.69) is 0 Å². The molecule has 1 fully saturated rings. The van der Waals surface area contributed by atoms with Crippen LogP contribution in [0.1, 0.15) is 22.5 Å². The summed E-state index contributed by atoms with van der Waals surface area (Å²) in [5, 5.41) is 0.858. The maximum atomic E-state index is 13.3. The Morgan fingerprint density at radius 3 is 2.59 bits per heavy atom. The SMILES string of the molecule is O=C(c1cc(=O)c2ccccc2o1)N(Cc1ccccc1Cl)C1CCS(=O)(=O)C1. The van der Waals surface area contributed by atoms with Crippen molar-refractivity contribution in [2.45, 2.75) is 19.0 Å². The van der Waals surface area contributed by atoms with E-state index < -0.39 is 21.8 Å². The minimum atomic E-state index is -3.22. The summed E-state index contributed by atoms with van der Waals surface area (Å²) >= 11 is 6.26. The number of carbonyl (C=O) groups is 1. The molecule has 1 aromatic heterocycles. The molecule has 2 aromatic carbocycles. The second-order valence-electron chi connectivity index (χ2n) is 7.05. The van der Waals surface area contributed by atoms with Gasteiger partial charge in [0.05, 0.1) is 16.9 Å². The Labute approximate surface area is 172 Å². The molecule has 0 radical (unpaired) electrons. The van der Waals surface area contributed by atoms with Gasteiger partial charge in [-0.25, -0.2) is 8.42 Å². The number of rotatable bonds is 4. The van der Waals surface area contributed by atoms with Crippen molar-refractivity contribution in [3.8, 4) is 0 Å². The van der Waals surface area contributed by atoms with Crippen molar-refractivity contribution in [1.29, 1.82) is 0 Å². The van der Waals surface area contributed by atoms with Crippen molar-refractivity contribution in [3.63, 3.8) is 0 Å². The lowest BCUT2D eigenvalue weighted by Crippen LogP contribution is -2.41. The molecule has 1 aliphatic heterocycles. The van der Waals surface area contributed by atoms with Crippen LogP contribution in [-0.4, -0.2) is 36.8 Å². The fraction of sp³-hybridized carbons (Fsp3) is 0.238. The van der Waals surface area contributed by atoms with Crippen LogP contribution >= 0.6 is 11.6 Å². The summed E-state index contributed by atoms with van der Waals surface area (Å²) < 4.78 is 29.7. The first-order valence-corrected chi connectivity index (χ1v) is 11.3. The number of nitrogens with zero attached hydrogens (tertiary/aromatic N) is 1. The quantitative estimate of drug-likeness (QED) is 0.633. The molecule has 0 spiro atoms. The fourth-order valence-corrected chi connectivity index (χ4v) is 5.48. The first-order valence-electron chi connectivity index (χ1n) is 9.12. The summed E-state index contributed by atoms with van der Waals surface area (Å²) in [7, 11) is -3.22. The molecule has 0 N–H and O–H groups in total. The van der Waals surface area contributed by atoms with Gasteiger partial charge in [0, 0.05) is 23.7 Å². The highest BCUT2D eigenvalue weighted by molar-refractivity contribution is 7.91. The first-order chi connectivity index (χ1) is 13.8. The molecule has 8 heteroatoms. The van der Waals surface area contributed by atoms with Crippen LogP contribution in [0, 0.1) is 0 Å². The van der Waals surface area contributed by atoms with Crippen LogP contribution < -0.4 is 5.43 Å². The Bertz CT molecular complexity index is 1250. The fourth-order valence-electron chi connectivity index (χ4n) is 3.55. The number of benzene rings is 2. The molecular weight excluding hydrogens is 414 g/mol. The van der Waals surface area contributed by atoms with Crippen LogP contribution in [0.4, 0.5) is 0 Å². The monoisotopic (exact) mass is 431 g/mol. The minimum Gasteiger partial charge on any atom is -0.451 e. The second-order valence-corrected chi connectivity index (χ2v) is 9.69. The van der Waals surface area contributed by atoms with Crippen molar-refractivity contribution in [1.82, 2.24) is 4.90 Å². The van der Waals surface area contributed by atoms with Gasteiger partial charge in [-0.1, -0.05) is 41.9 Å². The van der Waals surface area contributed by atoms with Gasteiger partial charge in [0.1, 0.15) is 5.58 Å². The minimum absolute atomic E-state index is 0.0195. The number of amides is 1. The zero-order valence-electron chi connectivity index (χ0n) is 15.4. The highest BCUT2D eigenvalue weighted by Gasteiger charge is 2.36. The lowest BCUT2D eigenvalue weighted by Gasteiger charge is -2.28.